The maximum atomic E-state index is 12.1. The second-order valence-corrected chi connectivity index (χ2v) is 6.75. The van der Waals surface area contributed by atoms with Crippen LogP contribution in [0.25, 0.3) is 11.1 Å². The quantitative estimate of drug-likeness (QED) is 0.732. The zero-order valence-electron chi connectivity index (χ0n) is 15.3. The minimum atomic E-state index is -0.0427. The van der Waals surface area contributed by atoms with Gasteiger partial charge in [-0.15, -0.1) is 0 Å². The number of carbonyl (C=O) groups is 1. The lowest BCUT2D eigenvalue weighted by Crippen LogP contribution is -2.34. The lowest BCUT2D eigenvalue weighted by molar-refractivity contribution is -0.121. The van der Waals surface area contributed by atoms with E-state index >= 15 is 0 Å². The summed E-state index contributed by atoms with van der Waals surface area (Å²) in [5.74, 6) is 0.923. The Morgan fingerprint density at radius 2 is 2.11 bits per heavy atom. The summed E-state index contributed by atoms with van der Waals surface area (Å²) in [5.41, 5.74) is 4.28. The third kappa shape index (κ3) is 4.00. The van der Waals surface area contributed by atoms with Crippen molar-refractivity contribution in [1.82, 2.24) is 20.1 Å². The fourth-order valence-electron chi connectivity index (χ4n) is 3.33. The SMILES string of the molecule is Cc1ccn(CCC(=O)NCC2Cc3cccc(-c4ccncc4)c3O2)n1. The number of nitrogens with one attached hydrogen (secondary N) is 1. The summed E-state index contributed by atoms with van der Waals surface area (Å²) in [6, 6.07) is 12.1. The Kier molecular flexibility index (Phi) is 4.87. The molecule has 3 heterocycles. The van der Waals surface area contributed by atoms with Crippen LogP contribution >= 0.6 is 0 Å². The molecule has 0 saturated heterocycles. The molecule has 27 heavy (non-hydrogen) atoms. The average Bonchev–Trinajstić information content (AvgIpc) is 3.30. The molecule has 1 aromatic carbocycles. The van der Waals surface area contributed by atoms with Crippen molar-refractivity contribution < 1.29 is 9.53 Å². The highest BCUT2D eigenvalue weighted by molar-refractivity contribution is 5.76. The van der Waals surface area contributed by atoms with Crippen molar-refractivity contribution in [1.29, 1.82) is 0 Å². The van der Waals surface area contributed by atoms with Crippen LogP contribution in [-0.2, 0) is 17.8 Å². The van der Waals surface area contributed by atoms with Gasteiger partial charge in [0.05, 0.1) is 12.2 Å². The predicted molar refractivity (Wildman–Crippen MR) is 102 cm³/mol. The normalized spacial score (nSPS) is 15.2. The Morgan fingerprint density at radius 1 is 1.26 bits per heavy atom. The molecule has 0 spiro atoms. The average molecular weight is 362 g/mol. The standard InChI is InChI=1S/C21H22N4O2/c1-15-7-11-25(24-15)12-8-20(26)23-14-18-13-17-3-2-4-19(21(17)27-18)16-5-9-22-10-6-16/h2-7,9-11,18H,8,12-14H2,1H3,(H,23,26). The predicted octanol–water partition coefficient (Wildman–Crippen LogP) is 2.76. The number of para-hydroxylation sites is 1. The maximum absolute atomic E-state index is 12.1. The van der Waals surface area contributed by atoms with Gasteiger partial charge in [-0.25, -0.2) is 0 Å². The molecule has 1 aliphatic heterocycles. The highest BCUT2D eigenvalue weighted by atomic mass is 16.5. The van der Waals surface area contributed by atoms with Crippen molar-refractivity contribution in [2.24, 2.45) is 0 Å². The van der Waals surface area contributed by atoms with Gasteiger partial charge in [0, 0.05) is 43.5 Å². The van der Waals surface area contributed by atoms with Crippen LogP contribution in [0.2, 0.25) is 0 Å². The van der Waals surface area contributed by atoms with Crippen LogP contribution in [0, 0.1) is 6.92 Å². The zero-order chi connectivity index (χ0) is 18.6. The monoisotopic (exact) mass is 362 g/mol. The summed E-state index contributed by atoms with van der Waals surface area (Å²) in [7, 11) is 0. The van der Waals surface area contributed by atoms with Crippen LogP contribution in [0.1, 0.15) is 17.7 Å². The molecular formula is C21H22N4O2. The third-order valence-corrected chi connectivity index (χ3v) is 4.69. The lowest BCUT2D eigenvalue weighted by Gasteiger charge is -2.13. The van der Waals surface area contributed by atoms with Crippen LogP contribution in [0.5, 0.6) is 5.75 Å². The molecule has 0 aliphatic carbocycles. The topological polar surface area (TPSA) is 69.0 Å². The van der Waals surface area contributed by atoms with Crippen LogP contribution in [0.15, 0.2) is 55.0 Å². The second-order valence-electron chi connectivity index (χ2n) is 6.75. The van der Waals surface area contributed by atoms with Gasteiger partial charge < -0.3 is 10.1 Å². The lowest BCUT2D eigenvalue weighted by atomic mass is 10.0. The van der Waals surface area contributed by atoms with E-state index in [9.17, 15) is 4.79 Å². The van der Waals surface area contributed by atoms with E-state index < -0.39 is 0 Å². The van der Waals surface area contributed by atoms with E-state index in [0.29, 0.717) is 19.5 Å². The number of rotatable bonds is 6. The Bertz CT molecular complexity index is 936. The largest absolute Gasteiger partial charge is 0.487 e. The van der Waals surface area contributed by atoms with Gasteiger partial charge in [0.25, 0.3) is 0 Å². The van der Waals surface area contributed by atoms with Crippen LogP contribution in [0.4, 0.5) is 0 Å². The maximum Gasteiger partial charge on any atom is 0.221 e. The molecule has 0 bridgehead atoms. The van der Waals surface area contributed by atoms with E-state index in [1.54, 1.807) is 17.1 Å². The molecule has 1 unspecified atom stereocenters. The van der Waals surface area contributed by atoms with Crippen molar-refractivity contribution in [2.45, 2.75) is 32.4 Å². The molecule has 3 aromatic rings. The van der Waals surface area contributed by atoms with E-state index in [-0.39, 0.29) is 12.0 Å². The summed E-state index contributed by atoms with van der Waals surface area (Å²) in [6.45, 7) is 3.02. The summed E-state index contributed by atoms with van der Waals surface area (Å²) >= 11 is 0. The number of aromatic nitrogens is 3. The molecule has 6 nitrogen and oxygen atoms in total. The number of amides is 1. The van der Waals surface area contributed by atoms with Crippen molar-refractivity contribution in [3.63, 3.8) is 0 Å². The first-order valence-corrected chi connectivity index (χ1v) is 9.15. The molecule has 0 fully saturated rings. The van der Waals surface area contributed by atoms with Gasteiger partial charge in [0.15, 0.2) is 0 Å². The van der Waals surface area contributed by atoms with Gasteiger partial charge in [-0.2, -0.15) is 5.10 Å². The first-order chi connectivity index (χ1) is 13.2. The Hall–Kier alpha value is -3.15. The number of hydrogen-bond acceptors (Lipinski definition) is 4. The summed E-state index contributed by atoms with van der Waals surface area (Å²) in [6.07, 6.45) is 6.61. The van der Waals surface area contributed by atoms with Crippen molar-refractivity contribution in [3.05, 3.63) is 66.2 Å². The Morgan fingerprint density at radius 3 is 2.89 bits per heavy atom. The first-order valence-electron chi connectivity index (χ1n) is 9.15. The van der Waals surface area contributed by atoms with E-state index in [2.05, 4.69) is 27.5 Å². The zero-order valence-corrected chi connectivity index (χ0v) is 15.3. The van der Waals surface area contributed by atoms with Crippen molar-refractivity contribution in [3.8, 4) is 16.9 Å². The highest BCUT2D eigenvalue weighted by Crippen LogP contribution is 2.38. The number of carbonyl (C=O) groups excluding carboxylic acids is 1. The van der Waals surface area contributed by atoms with Gasteiger partial charge in [-0.1, -0.05) is 18.2 Å². The Balaban J connectivity index is 1.33. The number of pyridine rings is 1. The third-order valence-electron chi connectivity index (χ3n) is 4.69. The molecule has 0 radical (unpaired) electrons. The smallest absolute Gasteiger partial charge is 0.221 e. The van der Waals surface area contributed by atoms with E-state index in [0.717, 1.165) is 29.0 Å². The molecule has 1 aliphatic rings. The number of nitrogens with zero attached hydrogens (tertiary/aromatic N) is 3. The first kappa shape index (κ1) is 17.3. The van der Waals surface area contributed by atoms with Gasteiger partial charge in [-0.05, 0) is 36.2 Å². The number of fused-ring (bicyclic) bond motifs is 1. The second kappa shape index (κ2) is 7.61. The molecule has 1 atom stereocenters. The molecular weight excluding hydrogens is 340 g/mol. The summed E-state index contributed by atoms with van der Waals surface area (Å²) < 4.78 is 7.95. The van der Waals surface area contributed by atoms with E-state index in [4.69, 9.17) is 4.74 Å². The van der Waals surface area contributed by atoms with Gasteiger partial charge in [0.1, 0.15) is 11.9 Å². The van der Waals surface area contributed by atoms with Crippen molar-refractivity contribution in [2.75, 3.05) is 6.54 Å². The fourth-order valence-corrected chi connectivity index (χ4v) is 3.33. The van der Waals surface area contributed by atoms with Gasteiger partial charge in [-0.3, -0.25) is 14.5 Å². The molecule has 4 rings (SSSR count). The van der Waals surface area contributed by atoms with Crippen LogP contribution in [-0.4, -0.2) is 33.3 Å². The summed E-state index contributed by atoms with van der Waals surface area (Å²) in [5, 5.41) is 7.27. The Labute approximate surface area is 158 Å². The number of aryl methyl sites for hydroxylation is 2. The molecule has 6 heteroatoms. The van der Waals surface area contributed by atoms with E-state index in [1.165, 1.54) is 5.56 Å². The van der Waals surface area contributed by atoms with Crippen LogP contribution in [0.3, 0.4) is 0 Å². The minimum absolute atomic E-state index is 0.0112. The minimum Gasteiger partial charge on any atom is -0.487 e. The van der Waals surface area contributed by atoms with Crippen LogP contribution < -0.4 is 10.1 Å². The highest BCUT2D eigenvalue weighted by Gasteiger charge is 2.26. The molecule has 0 saturated carbocycles. The molecule has 1 N–H and O–H groups in total. The fraction of sp³-hybridized carbons (Fsp3) is 0.286. The van der Waals surface area contributed by atoms with Gasteiger partial charge in [0.2, 0.25) is 5.91 Å². The molecule has 1 amide bonds. The summed E-state index contributed by atoms with van der Waals surface area (Å²) in [4.78, 5) is 16.2. The number of ether oxygens (including phenoxy) is 1. The van der Waals surface area contributed by atoms with E-state index in [1.807, 2.05) is 37.4 Å². The molecule has 2 aromatic heterocycles. The number of hydrogen-bond donors (Lipinski definition) is 1. The molecule has 138 valence electrons. The van der Waals surface area contributed by atoms with Gasteiger partial charge >= 0.3 is 0 Å². The van der Waals surface area contributed by atoms with Crippen molar-refractivity contribution >= 4 is 5.91 Å². The number of benzene rings is 1.